The number of aromatic nitrogens is 1. The molecule has 3 heteroatoms. The van der Waals surface area contributed by atoms with Gasteiger partial charge in [-0.25, -0.2) is 0 Å². The highest BCUT2D eigenvalue weighted by atomic mass is 35.5. The third-order valence-electron chi connectivity index (χ3n) is 3.50. The Balaban J connectivity index is 1.84. The molecule has 2 nitrogen and oxygen atoms in total. The van der Waals surface area contributed by atoms with Gasteiger partial charge in [-0.1, -0.05) is 23.7 Å². The second-order valence-corrected chi connectivity index (χ2v) is 5.44. The van der Waals surface area contributed by atoms with Crippen molar-refractivity contribution in [3.05, 3.63) is 64.8 Å². The summed E-state index contributed by atoms with van der Waals surface area (Å²) in [6.07, 6.45) is 0. The molecule has 0 aliphatic rings. The van der Waals surface area contributed by atoms with Crippen LogP contribution in [0.25, 0.3) is 10.9 Å². The highest BCUT2D eigenvalue weighted by molar-refractivity contribution is 6.30. The molecule has 0 unspecified atom stereocenters. The topological polar surface area (TPSA) is 14.2 Å². The molecule has 0 atom stereocenters. The van der Waals surface area contributed by atoms with Crippen molar-refractivity contribution in [1.29, 1.82) is 0 Å². The van der Waals surface area contributed by atoms with Crippen LogP contribution in [0.3, 0.4) is 0 Å². The first-order valence-corrected chi connectivity index (χ1v) is 6.94. The first-order valence-electron chi connectivity index (χ1n) is 6.57. The standard InChI is InChI=1S/C17H16ClNO/c1-12-3-4-13-10-15(19(2)17(13)9-12)11-20-16-7-5-14(18)6-8-16/h3-10H,11H2,1-2H3. The van der Waals surface area contributed by atoms with Gasteiger partial charge in [-0.3, -0.25) is 0 Å². The molecule has 1 aromatic heterocycles. The molecular formula is C17H16ClNO. The predicted octanol–water partition coefficient (Wildman–Crippen LogP) is 4.72. The minimum Gasteiger partial charge on any atom is -0.487 e. The van der Waals surface area contributed by atoms with Gasteiger partial charge in [-0.05, 0) is 54.3 Å². The highest BCUT2D eigenvalue weighted by Gasteiger charge is 2.06. The van der Waals surface area contributed by atoms with Crippen LogP contribution in [0.2, 0.25) is 5.02 Å². The lowest BCUT2D eigenvalue weighted by molar-refractivity contribution is 0.298. The summed E-state index contributed by atoms with van der Waals surface area (Å²) < 4.78 is 7.99. The lowest BCUT2D eigenvalue weighted by Gasteiger charge is -2.07. The van der Waals surface area contributed by atoms with Crippen LogP contribution >= 0.6 is 11.6 Å². The van der Waals surface area contributed by atoms with Gasteiger partial charge < -0.3 is 9.30 Å². The Morgan fingerprint density at radius 1 is 1.05 bits per heavy atom. The molecule has 0 aliphatic carbocycles. The molecule has 2 aromatic carbocycles. The Morgan fingerprint density at radius 2 is 1.80 bits per heavy atom. The van der Waals surface area contributed by atoms with Crippen LogP contribution in [0.4, 0.5) is 0 Å². The van der Waals surface area contributed by atoms with Gasteiger partial charge in [-0.15, -0.1) is 0 Å². The number of rotatable bonds is 3. The van der Waals surface area contributed by atoms with E-state index in [9.17, 15) is 0 Å². The van der Waals surface area contributed by atoms with Gasteiger partial charge in [0.15, 0.2) is 0 Å². The van der Waals surface area contributed by atoms with Gasteiger partial charge >= 0.3 is 0 Å². The van der Waals surface area contributed by atoms with E-state index >= 15 is 0 Å². The van der Waals surface area contributed by atoms with Crippen LogP contribution in [0, 0.1) is 6.92 Å². The van der Waals surface area contributed by atoms with E-state index in [1.165, 1.54) is 16.5 Å². The Bertz CT molecular complexity index is 744. The molecule has 0 bridgehead atoms. The largest absolute Gasteiger partial charge is 0.487 e. The molecule has 0 fully saturated rings. The van der Waals surface area contributed by atoms with E-state index < -0.39 is 0 Å². The number of ether oxygens (including phenoxy) is 1. The minimum absolute atomic E-state index is 0.547. The maximum atomic E-state index is 5.86. The summed E-state index contributed by atoms with van der Waals surface area (Å²) in [4.78, 5) is 0. The van der Waals surface area contributed by atoms with Crippen molar-refractivity contribution in [2.45, 2.75) is 13.5 Å². The summed E-state index contributed by atoms with van der Waals surface area (Å²) in [6.45, 7) is 2.65. The van der Waals surface area contributed by atoms with E-state index in [4.69, 9.17) is 16.3 Å². The molecule has 0 aliphatic heterocycles. The molecule has 0 spiro atoms. The summed E-state index contributed by atoms with van der Waals surface area (Å²) in [5.74, 6) is 0.829. The van der Waals surface area contributed by atoms with Crippen LogP contribution in [-0.2, 0) is 13.7 Å². The molecule has 0 saturated heterocycles. The molecule has 20 heavy (non-hydrogen) atoms. The minimum atomic E-state index is 0.547. The van der Waals surface area contributed by atoms with Crippen molar-refractivity contribution in [2.75, 3.05) is 0 Å². The number of benzene rings is 2. The number of fused-ring (bicyclic) bond motifs is 1. The summed E-state index contributed by atoms with van der Waals surface area (Å²) >= 11 is 5.86. The molecule has 1 heterocycles. The Morgan fingerprint density at radius 3 is 2.55 bits per heavy atom. The fourth-order valence-corrected chi connectivity index (χ4v) is 2.45. The number of hydrogen-bond donors (Lipinski definition) is 0. The molecule has 102 valence electrons. The fraction of sp³-hybridized carbons (Fsp3) is 0.176. The average Bonchev–Trinajstić information content (AvgIpc) is 2.75. The van der Waals surface area contributed by atoms with Gasteiger partial charge in [0.05, 0.1) is 5.69 Å². The van der Waals surface area contributed by atoms with Crippen LogP contribution in [-0.4, -0.2) is 4.57 Å². The Kier molecular flexibility index (Phi) is 3.41. The summed E-state index contributed by atoms with van der Waals surface area (Å²) in [6, 6.07) is 16.1. The van der Waals surface area contributed by atoms with Crippen LogP contribution in [0.5, 0.6) is 5.75 Å². The molecule has 3 aromatic rings. The maximum absolute atomic E-state index is 5.86. The normalized spacial score (nSPS) is 10.9. The second-order valence-electron chi connectivity index (χ2n) is 5.00. The van der Waals surface area contributed by atoms with Crippen molar-refractivity contribution < 1.29 is 4.74 Å². The quantitative estimate of drug-likeness (QED) is 0.679. The van der Waals surface area contributed by atoms with Gasteiger partial charge in [0, 0.05) is 17.6 Å². The van der Waals surface area contributed by atoms with E-state index in [0.29, 0.717) is 6.61 Å². The van der Waals surface area contributed by atoms with E-state index in [0.717, 1.165) is 16.5 Å². The first-order chi connectivity index (χ1) is 9.63. The summed E-state index contributed by atoms with van der Waals surface area (Å²) in [7, 11) is 2.07. The van der Waals surface area contributed by atoms with E-state index in [2.05, 4.69) is 42.8 Å². The van der Waals surface area contributed by atoms with Gasteiger partial charge in [0.1, 0.15) is 12.4 Å². The lowest BCUT2D eigenvalue weighted by atomic mass is 10.2. The van der Waals surface area contributed by atoms with E-state index in [1.807, 2.05) is 24.3 Å². The van der Waals surface area contributed by atoms with Gasteiger partial charge in [0.25, 0.3) is 0 Å². The van der Waals surface area contributed by atoms with Crippen LogP contribution in [0.15, 0.2) is 48.5 Å². The second kappa shape index (κ2) is 5.22. The van der Waals surface area contributed by atoms with Gasteiger partial charge in [0.2, 0.25) is 0 Å². The zero-order valence-electron chi connectivity index (χ0n) is 11.6. The van der Waals surface area contributed by atoms with Crippen molar-refractivity contribution in [1.82, 2.24) is 4.57 Å². The molecule has 0 saturated carbocycles. The first kappa shape index (κ1) is 13.1. The lowest BCUT2D eigenvalue weighted by Crippen LogP contribution is -2.01. The zero-order chi connectivity index (χ0) is 14.1. The molecule has 0 amide bonds. The maximum Gasteiger partial charge on any atom is 0.128 e. The molecule has 3 rings (SSSR count). The number of aryl methyl sites for hydroxylation is 2. The zero-order valence-corrected chi connectivity index (χ0v) is 12.3. The van der Waals surface area contributed by atoms with Gasteiger partial charge in [-0.2, -0.15) is 0 Å². The fourth-order valence-electron chi connectivity index (χ4n) is 2.32. The molecular weight excluding hydrogens is 270 g/mol. The number of nitrogens with zero attached hydrogens (tertiary/aromatic N) is 1. The predicted molar refractivity (Wildman–Crippen MR) is 83.4 cm³/mol. The Labute approximate surface area is 123 Å². The Hall–Kier alpha value is -1.93. The average molecular weight is 286 g/mol. The SMILES string of the molecule is Cc1ccc2cc(COc3ccc(Cl)cc3)n(C)c2c1. The van der Waals surface area contributed by atoms with Crippen molar-refractivity contribution in [3.8, 4) is 5.75 Å². The van der Waals surface area contributed by atoms with Crippen molar-refractivity contribution in [3.63, 3.8) is 0 Å². The summed E-state index contributed by atoms with van der Waals surface area (Å²) in [5, 5.41) is 1.96. The molecule has 0 N–H and O–H groups in total. The van der Waals surface area contributed by atoms with E-state index in [-0.39, 0.29) is 0 Å². The summed E-state index contributed by atoms with van der Waals surface area (Å²) in [5.41, 5.74) is 3.66. The third-order valence-corrected chi connectivity index (χ3v) is 3.75. The monoisotopic (exact) mass is 285 g/mol. The van der Waals surface area contributed by atoms with Crippen LogP contribution in [0.1, 0.15) is 11.3 Å². The molecule has 0 radical (unpaired) electrons. The van der Waals surface area contributed by atoms with Crippen LogP contribution < -0.4 is 4.74 Å². The number of halogens is 1. The highest BCUT2D eigenvalue weighted by Crippen LogP contribution is 2.22. The number of hydrogen-bond acceptors (Lipinski definition) is 1. The van der Waals surface area contributed by atoms with Crippen molar-refractivity contribution in [2.24, 2.45) is 7.05 Å². The van der Waals surface area contributed by atoms with E-state index in [1.54, 1.807) is 0 Å². The smallest absolute Gasteiger partial charge is 0.128 e. The third kappa shape index (κ3) is 2.52. The van der Waals surface area contributed by atoms with Crippen molar-refractivity contribution >= 4 is 22.5 Å².